The lowest BCUT2D eigenvalue weighted by molar-refractivity contribution is 0.410. The van der Waals surface area contributed by atoms with Gasteiger partial charge < -0.3 is 10.6 Å². The summed E-state index contributed by atoms with van der Waals surface area (Å²) in [5.74, 6) is 1.86. The van der Waals surface area contributed by atoms with Gasteiger partial charge in [0.05, 0.1) is 0 Å². The SMILES string of the molecule is CCNC(=NCCCn1nc2n(c1=O)CCCC2)NC1CCCCC1. The summed E-state index contributed by atoms with van der Waals surface area (Å²) in [7, 11) is 0. The Morgan fingerprint density at radius 3 is 2.84 bits per heavy atom. The van der Waals surface area contributed by atoms with Gasteiger partial charge in [-0.05, 0) is 39.0 Å². The van der Waals surface area contributed by atoms with E-state index in [1.807, 2.05) is 4.57 Å². The Kier molecular flexibility index (Phi) is 6.53. The van der Waals surface area contributed by atoms with Gasteiger partial charge in [-0.2, -0.15) is 5.10 Å². The fourth-order valence-electron chi connectivity index (χ4n) is 3.77. The summed E-state index contributed by atoms with van der Waals surface area (Å²) < 4.78 is 3.46. The van der Waals surface area contributed by atoms with Gasteiger partial charge in [-0.25, -0.2) is 9.48 Å². The molecule has 0 atom stereocenters. The summed E-state index contributed by atoms with van der Waals surface area (Å²) in [5.41, 5.74) is 0.0471. The van der Waals surface area contributed by atoms with Crippen LogP contribution in [0.1, 0.15) is 64.1 Å². The minimum Gasteiger partial charge on any atom is -0.357 e. The molecule has 1 aliphatic carbocycles. The third-order valence-corrected chi connectivity index (χ3v) is 5.12. The highest BCUT2D eigenvalue weighted by molar-refractivity contribution is 5.80. The van der Waals surface area contributed by atoms with Crippen molar-refractivity contribution in [3.8, 4) is 0 Å². The van der Waals surface area contributed by atoms with Gasteiger partial charge in [0.1, 0.15) is 5.82 Å². The summed E-state index contributed by atoms with van der Waals surface area (Å²) >= 11 is 0. The van der Waals surface area contributed by atoms with E-state index in [1.54, 1.807) is 4.68 Å². The lowest BCUT2D eigenvalue weighted by Crippen LogP contribution is -2.44. The summed E-state index contributed by atoms with van der Waals surface area (Å²) in [6.45, 7) is 5.13. The normalized spacial score (nSPS) is 18.8. The first kappa shape index (κ1) is 18.0. The van der Waals surface area contributed by atoms with Gasteiger partial charge in [0.25, 0.3) is 0 Å². The van der Waals surface area contributed by atoms with Crippen LogP contribution in [0.4, 0.5) is 0 Å². The van der Waals surface area contributed by atoms with E-state index in [4.69, 9.17) is 0 Å². The van der Waals surface area contributed by atoms with Crippen molar-refractivity contribution in [3.05, 3.63) is 16.3 Å². The van der Waals surface area contributed by atoms with E-state index in [0.29, 0.717) is 19.1 Å². The molecule has 0 unspecified atom stereocenters. The standard InChI is InChI=1S/C18H32N6O/c1-2-19-17(21-15-9-4-3-5-10-15)20-12-8-14-24-18(25)23-13-7-6-11-16(23)22-24/h15H,2-14H2,1H3,(H2,19,20,21). The number of rotatable bonds is 6. The lowest BCUT2D eigenvalue weighted by atomic mass is 9.96. The predicted molar refractivity (Wildman–Crippen MR) is 100 cm³/mol. The van der Waals surface area contributed by atoms with E-state index in [0.717, 1.165) is 50.6 Å². The summed E-state index contributed by atoms with van der Waals surface area (Å²) in [6, 6.07) is 0.550. The van der Waals surface area contributed by atoms with Crippen LogP contribution < -0.4 is 16.3 Å². The van der Waals surface area contributed by atoms with Crippen LogP contribution in [0.3, 0.4) is 0 Å². The maximum atomic E-state index is 12.3. The minimum atomic E-state index is 0.0471. The zero-order valence-electron chi connectivity index (χ0n) is 15.5. The molecule has 2 heterocycles. The highest BCUT2D eigenvalue weighted by Crippen LogP contribution is 2.17. The number of nitrogens with zero attached hydrogens (tertiary/aromatic N) is 4. The molecule has 1 aliphatic heterocycles. The largest absolute Gasteiger partial charge is 0.357 e. The van der Waals surface area contributed by atoms with Crippen LogP contribution in [0.5, 0.6) is 0 Å². The number of aliphatic imine (C=N–C) groups is 1. The fourth-order valence-corrected chi connectivity index (χ4v) is 3.77. The van der Waals surface area contributed by atoms with E-state index in [9.17, 15) is 4.79 Å². The fraction of sp³-hybridized carbons (Fsp3) is 0.833. The number of hydrogen-bond donors (Lipinski definition) is 2. The lowest BCUT2D eigenvalue weighted by Gasteiger charge is -2.24. The molecule has 2 aliphatic rings. The summed E-state index contributed by atoms with van der Waals surface area (Å²) in [5, 5.41) is 11.4. The molecule has 7 nitrogen and oxygen atoms in total. The molecule has 7 heteroatoms. The Bertz CT molecular complexity index is 626. The Labute approximate surface area is 149 Å². The first-order valence-corrected chi connectivity index (χ1v) is 9.99. The van der Waals surface area contributed by atoms with Gasteiger partial charge in [-0.15, -0.1) is 0 Å². The number of aromatic nitrogens is 3. The monoisotopic (exact) mass is 348 g/mol. The van der Waals surface area contributed by atoms with Crippen LogP contribution in [0.25, 0.3) is 0 Å². The van der Waals surface area contributed by atoms with E-state index in [2.05, 4.69) is 27.6 Å². The van der Waals surface area contributed by atoms with Crippen LogP contribution >= 0.6 is 0 Å². The Morgan fingerprint density at radius 2 is 2.08 bits per heavy atom. The number of nitrogens with one attached hydrogen (secondary N) is 2. The Hall–Kier alpha value is -1.79. The summed E-state index contributed by atoms with van der Waals surface area (Å²) in [4.78, 5) is 17.0. The van der Waals surface area contributed by atoms with Crippen molar-refractivity contribution in [1.29, 1.82) is 0 Å². The predicted octanol–water partition coefficient (Wildman–Crippen LogP) is 1.66. The molecule has 0 amide bonds. The van der Waals surface area contributed by atoms with Gasteiger partial charge >= 0.3 is 5.69 Å². The highest BCUT2D eigenvalue weighted by atomic mass is 16.2. The van der Waals surface area contributed by atoms with Crippen LogP contribution in [0, 0.1) is 0 Å². The number of hydrogen-bond acceptors (Lipinski definition) is 3. The maximum Gasteiger partial charge on any atom is 0.345 e. The second kappa shape index (κ2) is 9.06. The number of aryl methyl sites for hydroxylation is 2. The van der Waals surface area contributed by atoms with Crippen molar-refractivity contribution in [3.63, 3.8) is 0 Å². The van der Waals surface area contributed by atoms with Crippen LogP contribution in [-0.4, -0.2) is 39.4 Å². The molecule has 1 aromatic rings. The number of guanidine groups is 1. The van der Waals surface area contributed by atoms with Crippen LogP contribution in [-0.2, 0) is 19.5 Å². The van der Waals surface area contributed by atoms with Crippen molar-refractivity contribution in [2.24, 2.45) is 4.99 Å². The third kappa shape index (κ3) is 4.86. The van der Waals surface area contributed by atoms with Crippen molar-refractivity contribution in [2.75, 3.05) is 13.1 Å². The second-order valence-electron chi connectivity index (χ2n) is 7.12. The Balaban J connectivity index is 1.50. The first-order chi connectivity index (χ1) is 12.3. The van der Waals surface area contributed by atoms with E-state index in [-0.39, 0.29) is 5.69 Å². The molecule has 1 fully saturated rings. The van der Waals surface area contributed by atoms with E-state index < -0.39 is 0 Å². The molecule has 3 rings (SSSR count). The average Bonchev–Trinajstić information content (AvgIpc) is 2.96. The van der Waals surface area contributed by atoms with Crippen molar-refractivity contribution < 1.29 is 0 Å². The highest BCUT2D eigenvalue weighted by Gasteiger charge is 2.16. The van der Waals surface area contributed by atoms with Gasteiger partial charge in [0.2, 0.25) is 0 Å². The maximum absolute atomic E-state index is 12.3. The van der Waals surface area contributed by atoms with Gasteiger partial charge in [0.15, 0.2) is 5.96 Å². The molecular weight excluding hydrogens is 316 g/mol. The average molecular weight is 348 g/mol. The van der Waals surface area contributed by atoms with E-state index >= 15 is 0 Å². The summed E-state index contributed by atoms with van der Waals surface area (Å²) in [6.07, 6.45) is 10.4. The number of fused-ring (bicyclic) bond motifs is 1. The zero-order chi connectivity index (χ0) is 17.5. The Morgan fingerprint density at radius 1 is 1.24 bits per heavy atom. The molecule has 0 radical (unpaired) electrons. The molecule has 140 valence electrons. The van der Waals surface area contributed by atoms with Crippen LogP contribution in [0.2, 0.25) is 0 Å². The molecule has 1 saturated carbocycles. The minimum absolute atomic E-state index is 0.0471. The van der Waals surface area contributed by atoms with Crippen LogP contribution in [0.15, 0.2) is 9.79 Å². The first-order valence-electron chi connectivity index (χ1n) is 9.99. The van der Waals surface area contributed by atoms with Crippen molar-refractivity contribution in [2.45, 2.75) is 83.8 Å². The third-order valence-electron chi connectivity index (χ3n) is 5.12. The van der Waals surface area contributed by atoms with E-state index in [1.165, 1.54) is 32.1 Å². The van der Waals surface area contributed by atoms with Gasteiger partial charge in [0, 0.05) is 38.6 Å². The molecular formula is C18H32N6O. The van der Waals surface area contributed by atoms with Gasteiger partial charge in [-0.3, -0.25) is 9.56 Å². The molecule has 2 N–H and O–H groups in total. The molecule has 1 aromatic heterocycles. The topological polar surface area (TPSA) is 76.2 Å². The smallest absolute Gasteiger partial charge is 0.345 e. The van der Waals surface area contributed by atoms with Crippen molar-refractivity contribution >= 4 is 5.96 Å². The molecule has 0 bridgehead atoms. The second-order valence-corrected chi connectivity index (χ2v) is 7.12. The molecule has 0 spiro atoms. The molecule has 0 saturated heterocycles. The van der Waals surface area contributed by atoms with Gasteiger partial charge in [-0.1, -0.05) is 19.3 Å². The molecule has 25 heavy (non-hydrogen) atoms. The molecule has 0 aromatic carbocycles. The zero-order valence-corrected chi connectivity index (χ0v) is 15.5. The van der Waals surface area contributed by atoms with Crippen molar-refractivity contribution in [1.82, 2.24) is 25.0 Å². The quantitative estimate of drug-likeness (QED) is 0.466.